The molecule has 0 aliphatic rings. The van der Waals surface area contributed by atoms with Gasteiger partial charge in [-0.15, -0.1) is 11.3 Å². The number of anilines is 1. The minimum absolute atomic E-state index is 0.0596. The molecule has 0 aliphatic carbocycles. The minimum Gasteiger partial charge on any atom is -0.325 e. The van der Waals surface area contributed by atoms with Gasteiger partial charge in [-0.05, 0) is 36.1 Å². The zero-order valence-corrected chi connectivity index (χ0v) is 10.8. The van der Waals surface area contributed by atoms with Crippen molar-refractivity contribution in [2.24, 2.45) is 0 Å². The number of rotatable bonds is 3. The first kappa shape index (κ1) is 12.3. The van der Waals surface area contributed by atoms with Gasteiger partial charge in [0.1, 0.15) is 0 Å². The molecule has 0 saturated heterocycles. The van der Waals surface area contributed by atoms with Crippen molar-refractivity contribution >= 4 is 22.9 Å². The van der Waals surface area contributed by atoms with Crippen molar-refractivity contribution in [2.45, 2.75) is 13.3 Å². The molecule has 0 bridgehead atoms. The van der Waals surface area contributed by atoms with Gasteiger partial charge >= 0.3 is 0 Å². The first-order valence-corrected chi connectivity index (χ1v) is 6.40. The molecule has 1 aromatic carbocycles. The number of nitrogens with zero attached hydrogens (tertiary/aromatic N) is 1. The van der Waals surface area contributed by atoms with E-state index in [9.17, 15) is 4.79 Å². The molecule has 0 unspecified atom stereocenters. The third-order valence-electron chi connectivity index (χ3n) is 2.56. The number of carbonyl (C=O) groups is 1. The summed E-state index contributed by atoms with van der Waals surface area (Å²) >= 11 is 1.56. The fourth-order valence-corrected chi connectivity index (χ4v) is 2.30. The number of carbonyl (C=O) groups excluding carboxylic acids is 1. The van der Waals surface area contributed by atoms with Crippen LogP contribution >= 0.6 is 11.3 Å². The Morgan fingerprint density at radius 3 is 2.94 bits per heavy atom. The molecule has 0 fully saturated rings. The van der Waals surface area contributed by atoms with Crippen molar-refractivity contribution in [3.05, 3.63) is 51.7 Å². The summed E-state index contributed by atoms with van der Waals surface area (Å²) < 4.78 is 0. The molecule has 1 N–H and O–H groups in total. The van der Waals surface area contributed by atoms with Crippen LogP contribution in [0.4, 0.5) is 5.69 Å². The molecule has 2 rings (SSSR count). The van der Waals surface area contributed by atoms with E-state index in [4.69, 9.17) is 5.26 Å². The number of aryl methyl sites for hydroxylation is 1. The molecule has 0 radical (unpaired) electrons. The van der Waals surface area contributed by atoms with Gasteiger partial charge in [-0.25, -0.2) is 0 Å². The highest BCUT2D eigenvalue weighted by molar-refractivity contribution is 7.10. The van der Waals surface area contributed by atoms with E-state index in [0.29, 0.717) is 17.7 Å². The van der Waals surface area contributed by atoms with Gasteiger partial charge in [0.05, 0.1) is 18.1 Å². The smallest absolute Gasteiger partial charge is 0.229 e. The number of hydrogen-bond acceptors (Lipinski definition) is 3. The van der Waals surface area contributed by atoms with Gasteiger partial charge in [-0.2, -0.15) is 5.26 Å². The normalized spacial score (nSPS) is 9.78. The Morgan fingerprint density at radius 2 is 2.28 bits per heavy atom. The number of thiophene rings is 1. The summed E-state index contributed by atoms with van der Waals surface area (Å²) in [6.07, 6.45) is 0.369. The molecule has 1 heterocycles. The summed E-state index contributed by atoms with van der Waals surface area (Å²) in [6.45, 7) is 1.90. The zero-order valence-electron chi connectivity index (χ0n) is 9.93. The summed E-state index contributed by atoms with van der Waals surface area (Å²) in [7, 11) is 0. The Labute approximate surface area is 110 Å². The lowest BCUT2D eigenvalue weighted by Gasteiger charge is -2.08. The summed E-state index contributed by atoms with van der Waals surface area (Å²) in [5.41, 5.74) is 2.20. The highest BCUT2D eigenvalue weighted by Crippen LogP contribution is 2.17. The standard InChI is InChI=1S/C14H12N2OS/c1-10-4-5-11(9-15)7-13(10)16-14(17)8-12-3-2-6-18-12/h2-7H,8H2,1H3,(H,16,17). The van der Waals surface area contributed by atoms with E-state index in [-0.39, 0.29) is 5.91 Å². The zero-order chi connectivity index (χ0) is 13.0. The Bertz CT molecular complexity index is 597. The first-order chi connectivity index (χ1) is 8.69. The van der Waals surface area contributed by atoms with Gasteiger partial charge in [0.15, 0.2) is 0 Å². The Balaban J connectivity index is 2.09. The molecule has 2 aromatic rings. The van der Waals surface area contributed by atoms with Crippen LogP contribution in [0.3, 0.4) is 0 Å². The second-order valence-electron chi connectivity index (χ2n) is 3.95. The lowest BCUT2D eigenvalue weighted by molar-refractivity contribution is -0.115. The van der Waals surface area contributed by atoms with Crippen molar-refractivity contribution in [2.75, 3.05) is 5.32 Å². The SMILES string of the molecule is Cc1ccc(C#N)cc1NC(=O)Cc1cccs1. The van der Waals surface area contributed by atoms with Crippen LogP contribution in [0.5, 0.6) is 0 Å². The van der Waals surface area contributed by atoms with Gasteiger partial charge in [-0.3, -0.25) is 4.79 Å². The molecule has 0 aliphatic heterocycles. The van der Waals surface area contributed by atoms with Crippen LogP contribution in [0.25, 0.3) is 0 Å². The first-order valence-electron chi connectivity index (χ1n) is 5.52. The summed E-state index contributed by atoms with van der Waals surface area (Å²) in [4.78, 5) is 12.9. The molecule has 90 valence electrons. The lowest BCUT2D eigenvalue weighted by Crippen LogP contribution is -2.14. The molecule has 0 saturated carbocycles. The number of benzene rings is 1. The topological polar surface area (TPSA) is 52.9 Å². The van der Waals surface area contributed by atoms with Crippen molar-refractivity contribution < 1.29 is 4.79 Å². The quantitative estimate of drug-likeness (QED) is 0.917. The van der Waals surface area contributed by atoms with Gasteiger partial charge in [0.25, 0.3) is 0 Å². The van der Waals surface area contributed by atoms with Crippen LogP contribution in [-0.2, 0) is 11.2 Å². The number of nitrogens with one attached hydrogen (secondary N) is 1. The van der Waals surface area contributed by atoms with Crippen LogP contribution in [-0.4, -0.2) is 5.91 Å². The molecular formula is C14H12N2OS. The number of amides is 1. The van der Waals surface area contributed by atoms with Crippen molar-refractivity contribution in [1.29, 1.82) is 5.26 Å². The largest absolute Gasteiger partial charge is 0.325 e. The Morgan fingerprint density at radius 1 is 1.44 bits per heavy atom. The van der Waals surface area contributed by atoms with Crippen LogP contribution in [0.2, 0.25) is 0 Å². The highest BCUT2D eigenvalue weighted by atomic mass is 32.1. The van der Waals surface area contributed by atoms with Crippen LogP contribution in [0, 0.1) is 18.3 Å². The molecule has 1 aromatic heterocycles. The molecular weight excluding hydrogens is 244 g/mol. The number of nitriles is 1. The number of hydrogen-bond donors (Lipinski definition) is 1. The van der Waals surface area contributed by atoms with E-state index in [0.717, 1.165) is 10.4 Å². The van der Waals surface area contributed by atoms with E-state index in [1.54, 1.807) is 23.5 Å². The maximum atomic E-state index is 11.8. The maximum absolute atomic E-state index is 11.8. The molecule has 3 nitrogen and oxygen atoms in total. The molecule has 18 heavy (non-hydrogen) atoms. The van der Waals surface area contributed by atoms with Crippen LogP contribution in [0.1, 0.15) is 16.0 Å². The predicted molar refractivity (Wildman–Crippen MR) is 72.5 cm³/mol. The second kappa shape index (κ2) is 5.48. The van der Waals surface area contributed by atoms with Crippen LogP contribution < -0.4 is 5.32 Å². The Hall–Kier alpha value is -2.12. The summed E-state index contributed by atoms with van der Waals surface area (Å²) in [5, 5.41) is 13.6. The van der Waals surface area contributed by atoms with Crippen molar-refractivity contribution in [3.63, 3.8) is 0 Å². The predicted octanol–water partition coefficient (Wildman–Crippen LogP) is 3.11. The van der Waals surface area contributed by atoms with Gasteiger partial charge in [0, 0.05) is 10.6 Å². The van der Waals surface area contributed by atoms with E-state index in [1.165, 1.54) is 0 Å². The molecule has 0 atom stereocenters. The van der Waals surface area contributed by atoms with Crippen molar-refractivity contribution in [1.82, 2.24) is 0 Å². The van der Waals surface area contributed by atoms with Gasteiger partial charge in [-0.1, -0.05) is 12.1 Å². The average Bonchev–Trinajstić information content (AvgIpc) is 2.84. The van der Waals surface area contributed by atoms with Crippen molar-refractivity contribution in [3.8, 4) is 6.07 Å². The molecule has 0 spiro atoms. The average molecular weight is 256 g/mol. The van der Waals surface area contributed by atoms with E-state index >= 15 is 0 Å². The van der Waals surface area contributed by atoms with Crippen LogP contribution in [0.15, 0.2) is 35.7 Å². The summed E-state index contributed by atoms with van der Waals surface area (Å²) in [5.74, 6) is -0.0596. The third-order valence-corrected chi connectivity index (χ3v) is 3.43. The van der Waals surface area contributed by atoms with E-state index < -0.39 is 0 Å². The monoisotopic (exact) mass is 256 g/mol. The maximum Gasteiger partial charge on any atom is 0.229 e. The molecule has 4 heteroatoms. The minimum atomic E-state index is -0.0596. The van der Waals surface area contributed by atoms with E-state index in [1.807, 2.05) is 30.5 Å². The van der Waals surface area contributed by atoms with E-state index in [2.05, 4.69) is 11.4 Å². The highest BCUT2D eigenvalue weighted by Gasteiger charge is 2.07. The Kier molecular flexibility index (Phi) is 3.75. The summed E-state index contributed by atoms with van der Waals surface area (Å²) in [6, 6.07) is 11.2. The third kappa shape index (κ3) is 2.96. The second-order valence-corrected chi connectivity index (χ2v) is 4.98. The van der Waals surface area contributed by atoms with Gasteiger partial charge in [0.2, 0.25) is 5.91 Å². The fourth-order valence-electron chi connectivity index (χ4n) is 1.59. The van der Waals surface area contributed by atoms with Gasteiger partial charge < -0.3 is 5.32 Å². The fraction of sp³-hybridized carbons (Fsp3) is 0.143. The lowest BCUT2D eigenvalue weighted by atomic mass is 10.1. The molecule has 1 amide bonds.